The van der Waals surface area contributed by atoms with Crippen molar-refractivity contribution in [2.24, 2.45) is 0 Å². The Morgan fingerprint density at radius 2 is 2.22 bits per heavy atom. The third kappa shape index (κ3) is 3.78. The van der Waals surface area contributed by atoms with Gasteiger partial charge in [-0.05, 0) is 23.6 Å². The fourth-order valence-corrected chi connectivity index (χ4v) is 2.83. The zero-order chi connectivity index (χ0) is 13.7. The van der Waals surface area contributed by atoms with Crippen molar-refractivity contribution >= 4 is 44.6 Å². The predicted molar refractivity (Wildman–Crippen MR) is 72.9 cm³/mol. The van der Waals surface area contributed by atoms with Crippen molar-refractivity contribution in [3.8, 4) is 0 Å². The zero-order valence-corrected chi connectivity index (χ0v) is 12.7. The van der Waals surface area contributed by atoms with E-state index in [4.69, 9.17) is 11.6 Å². The Hall–Kier alpha value is -0.430. The van der Waals surface area contributed by atoms with Crippen LogP contribution in [0.25, 0.3) is 0 Å². The molecule has 0 heterocycles. The van der Waals surface area contributed by atoms with Gasteiger partial charge in [0.1, 0.15) is 0 Å². The van der Waals surface area contributed by atoms with Gasteiger partial charge in [-0.15, -0.1) is 0 Å². The molecule has 0 aliphatic rings. The molecule has 1 atom stereocenters. The van der Waals surface area contributed by atoms with Gasteiger partial charge in [0.15, 0.2) is 0 Å². The summed E-state index contributed by atoms with van der Waals surface area (Å²) in [5, 5.41) is 0.875. The van der Waals surface area contributed by atoms with Crippen LogP contribution >= 0.6 is 27.5 Å². The van der Waals surface area contributed by atoms with Crippen molar-refractivity contribution in [3.63, 3.8) is 0 Å². The van der Waals surface area contributed by atoms with Crippen LogP contribution < -0.4 is 0 Å². The largest absolute Gasteiger partial charge is 0.772 e. The molecular formula is C11H11BrClO4S-. The van der Waals surface area contributed by atoms with Gasteiger partial charge >= 0.3 is 5.97 Å². The number of hydrogen-bond donors (Lipinski definition) is 0. The van der Waals surface area contributed by atoms with Crippen molar-refractivity contribution in [2.75, 3.05) is 12.4 Å². The fraction of sp³-hybridized carbons (Fsp3) is 0.364. The highest BCUT2D eigenvalue weighted by atomic mass is 79.9. The Balaban J connectivity index is 3.27. The summed E-state index contributed by atoms with van der Waals surface area (Å²) in [7, 11) is 1.27. The number of ether oxygens (including phenoxy) is 1. The van der Waals surface area contributed by atoms with E-state index in [9.17, 15) is 13.6 Å². The van der Waals surface area contributed by atoms with E-state index in [1.165, 1.54) is 13.2 Å². The summed E-state index contributed by atoms with van der Waals surface area (Å²) in [4.78, 5) is 11.5. The van der Waals surface area contributed by atoms with Gasteiger partial charge in [0.2, 0.25) is 0 Å². The summed E-state index contributed by atoms with van der Waals surface area (Å²) in [6.07, 6.45) is 0.538. The molecule has 0 bridgehead atoms. The van der Waals surface area contributed by atoms with Gasteiger partial charge in [0.25, 0.3) is 0 Å². The van der Waals surface area contributed by atoms with Gasteiger partial charge in [-0.25, -0.2) is 4.79 Å². The van der Waals surface area contributed by atoms with E-state index < -0.39 is 17.0 Å². The van der Waals surface area contributed by atoms with Gasteiger partial charge < -0.3 is 9.29 Å². The second-order valence-electron chi connectivity index (χ2n) is 3.44. The van der Waals surface area contributed by atoms with Crippen molar-refractivity contribution in [1.82, 2.24) is 0 Å². The van der Waals surface area contributed by atoms with Gasteiger partial charge in [-0.1, -0.05) is 44.7 Å². The lowest BCUT2D eigenvalue weighted by Crippen LogP contribution is -2.07. The van der Waals surface area contributed by atoms with Gasteiger partial charge in [0, 0.05) is 11.1 Å². The van der Waals surface area contributed by atoms with E-state index in [0.29, 0.717) is 22.9 Å². The first kappa shape index (κ1) is 15.6. The molecule has 0 N–H and O–H groups in total. The monoisotopic (exact) mass is 353 g/mol. The summed E-state index contributed by atoms with van der Waals surface area (Å²) in [6, 6.07) is 3.07. The average Bonchev–Trinajstić information content (AvgIpc) is 2.32. The Labute approximate surface area is 121 Å². The zero-order valence-electron chi connectivity index (χ0n) is 9.57. The van der Waals surface area contributed by atoms with Crippen molar-refractivity contribution in [1.29, 1.82) is 0 Å². The first-order valence-corrected chi connectivity index (χ1v) is 7.76. The topological polar surface area (TPSA) is 66.4 Å². The Morgan fingerprint density at radius 3 is 2.72 bits per heavy atom. The lowest BCUT2D eigenvalue weighted by atomic mass is 10.0. The Morgan fingerprint density at radius 1 is 1.56 bits per heavy atom. The van der Waals surface area contributed by atoms with E-state index in [2.05, 4.69) is 20.7 Å². The predicted octanol–water partition coefficient (Wildman–Crippen LogP) is 2.44. The van der Waals surface area contributed by atoms with E-state index in [1.807, 2.05) is 0 Å². The molecule has 4 nitrogen and oxygen atoms in total. The molecule has 0 fully saturated rings. The number of benzene rings is 1. The lowest BCUT2D eigenvalue weighted by molar-refractivity contribution is 0.0601. The first-order valence-electron chi connectivity index (χ1n) is 5.01. The molecule has 1 aromatic rings. The highest BCUT2D eigenvalue weighted by Gasteiger charge is 2.16. The maximum Gasteiger partial charge on any atom is 0.339 e. The number of hydrogen-bond acceptors (Lipinski definition) is 4. The standard InChI is InChI=1S/C11H12BrClO4S/c1-17-11(14)9-3-2-7(6-18(15)16)8(4-5-12)10(9)13/h2-3H,4-6H2,1H3,(H,15,16)/p-1. The molecule has 1 rings (SSSR count). The summed E-state index contributed by atoms with van der Waals surface area (Å²) in [6.45, 7) is 0. The lowest BCUT2D eigenvalue weighted by Gasteiger charge is -2.14. The van der Waals surface area contributed by atoms with Crippen LogP contribution in [-0.2, 0) is 28.0 Å². The third-order valence-electron chi connectivity index (χ3n) is 2.36. The highest BCUT2D eigenvalue weighted by Crippen LogP contribution is 2.27. The molecule has 0 aliphatic carbocycles. The molecule has 0 saturated heterocycles. The number of halogens is 2. The maximum atomic E-state index is 11.5. The average molecular weight is 355 g/mol. The minimum Gasteiger partial charge on any atom is -0.772 e. The molecule has 1 aromatic carbocycles. The maximum absolute atomic E-state index is 11.5. The molecule has 0 spiro atoms. The van der Waals surface area contributed by atoms with Crippen molar-refractivity contribution in [3.05, 3.63) is 33.8 Å². The van der Waals surface area contributed by atoms with Crippen LogP contribution in [0.1, 0.15) is 21.5 Å². The van der Waals surface area contributed by atoms with Crippen LogP contribution in [0.15, 0.2) is 12.1 Å². The van der Waals surface area contributed by atoms with E-state index in [0.717, 1.165) is 0 Å². The molecule has 0 aromatic heterocycles. The minimum absolute atomic E-state index is 0.122. The van der Waals surface area contributed by atoms with Crippen molar-refractivity contribution in [2.45, 2.75) is 12.2 Å². The van der Waals surface area contributed by atoms with Crippen LogP contribution in [0.4, 0.5) is 0 Å². The fourth-order valence-electron chi connectivity index (χ4n) is 1.56. The second kappa shape index (κ2) is 7.23. The number of carbonyl (C=O) groups excluding carboxylic acids is 1. The second-order valence-corrected chi connectivity index (χ2v) is 5.51. The number of alkyl halides is 1. The van der Waals surface area contributed by atoms with Crippen LogP contribution in [0.2, 0.25) is 5.02 Å². The number of carbonyl (C=O) groups is 1. The van der Waals surface area contributed by atoms with E-state index in [1.54, 1.807) is 6.07 Å². The summed E-state index contributed by atoms with van der Waals surface area (Å²) in [5.74, 6) is -0.658. The number of methoxy groups -OCH3 is 1. The molecule has 0 aliphatic heterocycles. The smallest absolute Gasteiger partial charge is 0.339 e. The highest BCUT2D eigenvalue weighted by molar-refractivity contribution is 9.09. The molecule has 18 heavy (non-hydrogen) atoms. The molecule has 1 unspecified atom stereocenters. The molecule has 100 valence electrons. The van der Waals surface area contributed by atoms with Gasteiger partial charge in [-0.3, -0.25) is 4.21 Å². The third-order valence-corrected chi connectivity index (χ3v) is 3.74. The molecule has 0 saturated carbocycles. The van der Waals surface area contributed by atoms with Crippen LogP contribution in [-0.4, -0.2) is 27.2 Å². The van der Waals surface area contributed by atoms with Crippen LogP contribution in [0.3, 0.4) is 0 Å². The molecule has 7 heteroatoms. The minimum atomic E-state index is -2.20. The Bertz CT molecular complexity index is 478. The summed E-state index contributed by atoms with van der Waals surface area (Å²) in [5.41, 5.74) is 1.50. The van der Waals surface area contributed by atoms with Crippen LogP contribution in [0.5, 0.6) is 0 Å². The van der Waals surface area contributed by atoms with Crippen molar-refractivity contribution < 1.29 is 18.3 Å². The van der Waals surface area contributed by atoms with Crippen LogP contribution in [0, 0.1) is 0 Å². The normalized spacial score (nSPS) is 12.2. The van der Waals surface area contributed by atoms with E-state index in [-0.39, 0.29) is 16.3 Å². The quantitative estimate of drug-likeness (QED) is 0.463. The summed E-state index contributed by atoms with van der Waals surface area (Å²) < 4.78 is 26.1. The Kier molecular flexibility index (Phi) is 6.28. The SMILES string of the molecule is COC(=O)c1ccc(CS(=O)[O-])c(CCBr)c1Cl. The first-order chi connectivity index (χ1) is 8.51. The molecule has 0 radical (unpaired) electrons. The number of rotatable bonds is 5. The van der Waals surface area contributed by atoms with Gasteiger partial charge in [-0.2, -0.15) is 0 Å². The number of esters is 1. The van der Waals surface area contributed by atoms with Gasteiger partial charge in [0.05, 0.1) is 17.7 Å². The molecule has 0 amide bonds. The molecular weight excluding hydrogens is 344 g/mol. The summed E-state index contributed by atoms with van der Waals surface area (Å²) >= 11 is 7.20. The van der Waals surface area contributed by atoms with E-state index >= 15 is 0 Å².